The van der Waals surface area contributed by atoms with Gasteiger partial charge in [0.2, 0.25) is 0 Å². The Bertz CT molecular complexity index is 538. The topological polar surface area (TPSA) is 42.7 Å². The minimum Gasteiger partial charge on any atom is -0.314 e. The van der Waals surface area contributed by atoms with Crippen LogP contribution >= 0.6 is 15.9 Å². The van der Waals surface area contributed by atoms with E-state index in [1.807, 2.05) is 14.0 Å². The molecule has 2 rings (SSSR count). The van der Waals surface area contributed by atoms with Crippen molar-refractivity contribution in [2.24, 2.45) is 0 Å². The monoisotopic (exact) mass is 298 g/mol. The molecule has 0 radical (unpaired) electrons. The van der Waals surface area contributed by atoms with Gasteiger partial charge in [-0.2, -0.15) is 0 Å². The van der Waals surface area contributed by atoms with Gasteiger partial charge < -0.3 is 5.32 Å². The van der Waals surface area contributed by atoms with E-state index in [2.05, 4.69) is 31.6 Å². The molecule has 0 saturated heterocycles. The van der Waals surface area contributed by atoms with E-state index in [4.69, 9.17) is 0 Å². The second kappa shape index (κ2) is 4.93. The second-order valence-corrected chi connectivity index (χ2v) is 4.59. The van der Waals surface area contributed by atoms with Gasteiger partial charge in [-0.05, 0) is 41.5 Å². The molecule has 0 atom stereocenters. The summed E-state index contributed by atoms with van der Waals surface area (Å²) in [6, 6.07) is 3.17. The van der Waals surface area contributed by atoms with Gasteiger partial charge in [0.25, 0.3) is 0 Å². The Morgan fingerprint density at radius 1 is 1.47 bits per heavy atom. The highest BCUT2D eigenvalue weighted by Gasteiger charge is 2.09. The summed E-state index contributed by atoms with van der Waals surface area (Å²) in [4.78, 5) is 0. The van der Waals surface area contributed by atoms with Crippen LogP contribution in [-0.2, 0) is 6.54 Å². The van der Waals surface area contributed by atoms with E-state index in [9.17, 15) is 4.39 Å². The zero-order valence-electron chi connectivity index (χ0n) is 9.54. The number of nitrogens with one attached hydrogen (secondary N) is 1. The third-order valence-electron chi connectivity index (χ3n) is 2.38. The normalized spacial score (nSPS) is 10.8. The van der Waals surface area contributed by atoms with E-state index in [-0.39, 0.29) is 5.82 Å². The molecular weight excluding hydrogens is 287 g/mol. The molecule has 1 aromatic carbocycles. The molecule has 0 saturated carbocycles. The minimum atomic E-state index is -0.309. The van der Waals surface area contributed by atoms with Crippen molar-refractivity contribution in [3.63, 3.8) is 0 Å². The van der Waals surface area contributed by atoms with Crippen molar-refractivity contribution in [1.29, 1.82) is 0 Å². The van der Waals surface area contributed by atoms with Gasteiger partial charge in [-0.25, -0.2) is 9.07 Å². The van der Waals surface area contributed by atoms with E-state index in [0.717, 1.165) is 11.3 Å². The molecule has 1 aromatic heterocycles. The van der Waals surface area contributed by atoms with Crippen molar-refractivity contribution in [2.45, 2.75) is 13.5 Å². The summed E-state index contributed by atoms with van der Waals surface area (Å²) in [6.07, 6.45) is 1.78. The fourth-order valence-electron chi connectivity index (χ4n) is 1.56. The van der Waals surface area contributed by atoms with Crippen LogP contribution in [-0.4, -0.2) is 22.0 Å². The smallest absolute Gasteiger partial charge is 0.139 e. The number of benzene rings is 1. The Morgan fingerprint density at radius 2 is 2.24 bits per heavy atom. The van der Waals surface area contributed by atoms with Gasteiger partial charge in [-0.15, -0.1) is 5.10 Å². The maximum absolute atomic E-state index is 13.5. The molecule has 1 N–H and O–H groups in total. The van der Waals surface area contributed by atoms with Crippen LogP contribution in [0.1, 0.15) is 11.3 Å². The summed E-state index contributed by atoms with van der Waals surface area (Å²) < 4.78 is 15.5. The van der Waals surface area contributed by atoms with Crippen molar-refractivity contribution in [3.8, 4) is 5.69 Å². The van der Waals surface area contributed by atoms with Crippen LogP contribution in [0.25, 0.3) is 5.69 Å². The first-order valence-electron chi connectivity index (χ1n) is 5.13. The highest BCUT2D eigenvalue weighted by Crippen LogP contribution is 2.22. The van der Waals surface area contributed by atoms with E-state index < -0.39 is 0 Å². The number of nitrogens with zero attached hydrogens (tertiary/aromatic N) is 3. The van der Waals surface area contributed by atoms with E-state index in [1.54, 1.807) is 16.9 Å². The maximum atomic E-state index is 13.5. The summed E-state index contributed by atoms with van der Waals surface area (Å²) in [5.41, 5.74) is 2.44. The summed E-state index contributed by atoms with van der Waals surface area (Å²) in [5, 5.41) is 11.0. The molecule has 0 aliphatic carbocycles. The lowest BCUT2D eigenvalue weighted by Crippen LogP contribution is -2.05. The lowest BCUT2D eigenvalue weighted by Gasteiger charge is -2.06. The Kier molecular flexibility index (Phi) is 3.54. The van der Waals surface area contributed by atoms with Gasteiger partial charge in [-0.1, -0.05) is 5.21 Å². The lowest BCUT2D eigenvalue weighted by molar-refractivity contribution is 0.617. The number of aromatic nitrogens is 3. The largest absolute Gasteiger partial charge is 0.314 e. The molecule has 1 heterocycles. The van der Waals surface area contributed by atoms with E-state index in [1.165, 1.54) is 6.07 Å². The zero-order chi connectivity index (χ0) is 12.4. The van der Waals surface area contributed by atoms with Crippen LogP contribution < -0.4 is 5.32 Å². The molecule has 90 valence electrons. The van der Waals surface area contributed by atoms with Gasteiger partial charge in [-0.3, -0.25) is 0 Å². The van der Waals surface area contributed by atoms with Crippen LogP contribution in [0.4, 0.5) is 4.39 Å². The first-order valence-corrected chi connectivity index (χ1v) is 5.93. The van der Waals surface area contributed by atoms with E-state index >= 15 is 0 Å². The van der Waals surface area contributed by atoms with Crippen LogP contribution in [0.5, 0.6) is 0 Å². The van der Waals surface area contributed by atoms with Gasteiger partial charge in [0.15, 0.2) is 0 Å². The van der Waals surface area contributed by atoms with Crippen LogP contribution in [0.3, 0.4) is 0 Å². The summed E-state index contributed by atoms with van der Waals surface area (Å²) in [6.45, 7) is 2.54. The Balaban J connectivity index is 2.41. The fraction of sp³-hybridized carbons (Fsp3) is 0.273. The summed E-state index contributed by atoms with van der Waals surface area (Å²) >= 11 is 3.15. The van der Waals surface area contributed by atoms with Crippen molar-refractivity contribution < 1.29 is 4.39 Å². The lowest BCUT2D eigenvalue weighted by atomic mass is 10.2. The van der Waals surface area contributed by atoms with Gasteiger partial charge in [0.05, 0.1) is 22.1 Å². The highest BCUT2D eigenvalue weighted by molar-refractivity contribution is 9.10. The first kappa shape index (κ1) is 12.2. The molecule has 0 aliphatic heterocycles. The third kappa shape index (κ3) is 2.53. The zero-order valence-corrected chi connectivity index (χ0v) is 11.1. The summed E-state index contributed by atoms with van der Waals surface area (Å²) in [7, 11) is 1.84. The predicted molar refractivity (Wildman–Crippen MR) is 66.5 cm³/mol. The van der Waals surface area contributed by atoms with E-state index in [0.29, 0.717) is 16.7 Å². The number of halogens is 2. The van der Waals surface area contributed by atoms with Gasteiger partial charge >= 0.3 is 0 Å². The standard InChI is InChI=1S/C11H12BrFN4/c1-7-3-9(12)10(13)4-11(7)17-6-8(5-14-2)15-16-17/h3-4,6,14H,5H2,1-2H3. The third-order valence-corrected chi connectivity index (χ3v) is 2.99. The number of hydrogen-bond acceptors (Lipinski definition) is 3. The molecule has 2 aromatic rings. The summed E-state index contributed by atoms with van der Waals surface area (Å²) in [5.74, 6) is -0.309. The molecule has 4 nitrogen and oxygen atoms in total. The molecule has 0 unspecified atom stereocenters. The molecule has 6 heteroatoms. The highest BCUT2D eigenvalue weighted by atomic mass is 79.9. The minimum absolute atomic E-state index is 0.309. The Hall–Kier alpha value is -1.27. The van der Waals surface area contributed by atoms with Crippen LogP contribution in [0.2, 0.25) is 0 Å². The molecule has 0 aliphatic rings. The molecule has 0 bridgehead atoms. The molecule has 0 amide bonds. The fourth-order valence-corrected chi connectivity index (χ4v) is 2.02. The molecule has 0 fully saturated rings. The van der Waals surface area contributed by atoms with Crippen LogP contribution in [0.15, 0.2) is 22.8 Å². The Labute approximate surface area is 107 Å². The number of rotatable bonds is 3. The average Bonchev–Trinajstić information content (AvgIpc) is 2.72. The number of aryl methyl sites for hydroxylation is 1. The average molecular weight is 299 g/mol. The number of hydrogen-bond donors (Lipinski definition) is 1. The van der Waals surface area contributed by atoms with Crippen molar-refractivity contribution in [2.75, 3.05) is 7.05 Å². The van der Waals surface area contributed by atoms with Crippen molar-refractivity contribution in [1.82, 2.24) is 20.3 Å². The van der Waals surface area contributed by atoms with Gasteiger partial charge in [0, 0.05) is 12.6 Å². The van der Waals surface area contributed by atoms with Crippen molar-refractivity contribution in [3.05, 3.63) is 39.9 Å². The Morgan fingerprint density at radius 3 is 2.94 bits per heavy atom. The quantitative estimate of drug-likeness (QED) is 0.945. The maximum Gasteiger partial charge on any atom is 0.139 e. The van der Waals surface area contributed by atoms with Crippen molar-refractivity contribution >= 4 is 15.9 Å². The second-order valence-electron chi connectivity index (χ2n) is 3.74. The molecule has 0 spiro atoms. The molecular formula is C11H12BrFN4. The molecule has 17 heavy (non-hydrogen) atoms. The SMILES string of the molecule is CNCc1cn(-c2cc(F)c(Br)cc2C)nn1. The predicted octanol–water partition coefficient (Wildman–Crippen LogP) is 2.20. The first-order chi connectivity index (χ1) is 8.11. The van der Waals surface area contributed by atoms with Crippen LogP contribution in [0, 0.1) is 12.7 Å². The van der Waals surface area contributed by atoms with Gasteiger partial charge in [0.1, 0.15) is 5.82 Å².